The summed E-state index contributed by atoms with van der Waals surface area (Å²) >= 11 is 0. The highest BCUT2D eigenvalue weighted by atomic mass is 32.2. The summed E-state index contributed by atoms with van der Waals surface area (Å²) in [5.74, 6) is -0.00744. The molecule has 7 heteroatoms. The zero-order valence-corrected chi connectivity index (χ0v) is 15.2. The van der Waals surface area contributed by atoms with Crippen LogP contribution in [0.25, 0.3) is 0 Å². The molecule has 2 aliphatic rings. The predicted octanol–water partition coefficient (Wildman–Crippen LogP) is 1.95. The van der Waals surface area contributed by atoms with E-state index in [-0.39, 0.29) is 29.8 Å². The van der Waals surface area contributed by atoms with Gasteiger partial charge in [0.2, 0.25) is 5.91 Å². The first-order chi connectivity index (χ1) is 12.0. The number of hydrogen-bond donors (Lipinski definition) is 1. The van der Waals surface area contributed by atoms with E-state index >= 15 is 0 Å². The van der Waals surface area contributed by atoms with Gasteiger partial charge in [0.25, 0.3) is 0 Å². The summed E-state index contributed by atoms with van der Waals surface area (Å²) in [5, 5.41) is 3.97. The van der Waals surface area contributed by atoms with E-state index in [2.05, 4.69) is 27.6 Å². The van der Waals surface area contributed by atoms with Gasteiger partial charge < -0.3 is 4.90 Å². The number of rotatable bonds is 5. The van der Waals surface area contributed by atoms with Crippen molar-refractivity contribution >= 4 is 27.6 Å². The minimum atomic E-state index is -2.94. The SMILES string of the molecule is O=C(C[C@H]1CCS(=O)(=O)C1)N/N=C\c1ccc(N2CCCCC2)cc1. The van der Waals surface area contributed by atoms with Crippen molar-refractivity contribution in [1.29, 1.82) is 0 Å². The van der Waals surface area contributed by atoms with E-state index in [0.717, 1.165) is 18.7 Å². The highest BCUT2D eigenvalue weighted by Crippen LogP contribution is 2.21. The second kappa shape index (κ2) is 7.99. The molecule has 136 valence electrons. The monoisotopic (exact) mass is 363 g/mol. The van der Waals surface area contributed by atoms with E-state index in [9.17, 15) is 13.2 Å². The van der Waals surface area contributed by atoms with Gasteiger partial charge in [-0.15, -0.1) is 0 Å². The molecule has 3 rings (SSSR count). The van der Waals surface area contributed by atoms with Gasteiger partial charge in [0.05, 0.1) is 17.7 Å². The van der Waals surface area contributed by atoms with E-state index in [1.807, 2.05) is 12.1 Å². The van der Waals surface area contributed by atoms with Crippen molar-refractivity contribution in [3.8, 4) is 0 Å². The van der Waals surface area contributed by atoms with Crippen LogP contribution in [0, 0.1) is 5.92 Å². The lowest BCUT2D eigenvalue weighted by Gasteiger charge is -2.28. The molecule has 1 N–H and O–H groups in total. The molecule has 0 unspecified atom stereocenters. The number of nitrogens with one attached hydrogen (secondary N) is 1. The molecule has 2 fully saturated rings. The number of nitrogens with zero attached hydrogens (tertiary/aromatic N) is 2. The lowest BCUT2D eigenvalue weighted by atomic mass is 10.1. The van der Waals surface area contributed by atoms with Crippen LogP contribution in [0.3, 0.4) is 0 Å². The maximum atomic E-state index is 11.8. The zero-order chi connectivity index (χ0) is 17.7. The minimum Gasteiger partial charge on any atom is -0.372 e. The minimum absolute atomic E-state index is 0.0796. The number of amides is 1. The fourth-order valence-electron chi connectivity index (χ4n) is 3.44. The van der Waals surface area contributed by atoms with Crippen LogP contribution in [-0.4, -0.2) is 45.1 Å². The Morgan fingerprint density at radius 1 is 1.20 bits per heavy atom. The first-order valence-corrected chi connectivity index (χ1v) is 10.7. The number of sulfone groups is 1. The summed E-state index contributed by atoms with van der Waals surface area (Å²) in [7, 11) is -2.94. The van der Waals surface area contributed by atoms with Crippen LogP contribution in [0.15, 0.2) is 29.4 Å². The topological polar surface area (TPSA) is 78.8 Å². The summed E-state index contributed by atoms with van der Waals surface area (Å²) < 4.78 is 22.8. The Kier molecular flexibility index (Phi) is 5.73. The van der Waals surface area contributed by atoms with Crippen molar-refractivity contribution < 1.29 is 13.2 Å². The van der Waals surface area contributed by atoms with E-state index in [4.69, 9.17) is 0 Å². The van der Waals surface area contributed by atoms with Crippen LogP contribution in [0.1, 0.15) is 37.7 Å². The Morgan fingerprint density at radius 3 is 2.56 bits per heavy atom. The van der Waals surface area contributed by atoms with Gasteiger partial charge in [-0.05, 0) is 49.3 Å². The fourth-order valence-corrected chi connectivity index (χ4v) is 5.30. The summed E-state index contributed by atoms with van der Waals surface area (Å²) in [5.41, 5.74) is 4.63. The fraction of sp³-hybridized carbons (Fsp3) is 0.556. The van der Waals surface area contributed by atoms with Gasteiger partial charge in [-0.1, -0.05) is 12.1 Å². The Morgan fingerprint density at radius 2 is 1.92 bits per heavy atom. The predicted molar refractivity (Wildman–Crippen MR) is 99.6 cm³/mol. The Balaban J connectivity index is 1.46. The Bertz CT molecular complexity index is 722. The lowest BCUT2D eigenvalue weighted by molar-refractivity contribution is -0.121. The maximum Gasteiger partial charge on any atom is 0.240 e. The third-order valence-electron chi connectivity index (χ3n) is 4.82. The van der Waals surface area contributed by atoms with Gasteiger partial charge in [0, 0.05) is 25.2 Å². The second-order valence-corrected chi connectivity index (χ2v) is 9.13. The molecule has 1 amide bonds. The Labute approximate surface area is 149 Å². The van der Waals surface area contributed by atoms with E-state index in [1.54, 1.807) is 6.21 Å². The number of piperidine rings is 1. The second-order valence-electron chi connectivity index (χ2n) is 6.91. The highest BCUT2D eigenvalue weighted by Gasteiger charge is 2.29. The van der Waals surface area contributed by atoms with Crippen LogP contribution in [-0.2, 0) is 14.6 Å². The molecule has 0 saturated carbocycles. The smallest absolute Gasteiger partial charge is 0.240 e. The van der Waals surface area contributed by atoms with Crippen molar-refractivity contribution in [3.63, 3.8) is 0 Å². The van der Waals surface area contributed by atoms with E-state index in [1.165, 1.54) is 24.9 Å². The molecule has 0 radical (unpaired) electrons. The summed E-state index contributed by atoms with van der Waals surface area (Å²) in [6.45, 7) is 2.22. The molecule has 25 heavy (non-hydrogen) atoms. The van der Waals surface area contributed by atoms with Gasteiger partial charge in [0.1, 0.15) is 0 Å². The summed E-state index contributed by atoms with van der Waals surface area (Å²) in [6.07, 6.45) is 6.20. The maximum absolute atomic E-state index is 11.8. The van der Waals surface area contributed by atoms with Gasteiger partial charge in [0.15, 0.2) is 9.84 Å². The molecule has 2 saturated heterocycles. The number of carbonyl (C=O) groups is 1. The molecular formula is C18H25N3O3S. The van der Waals surface area contributed by atoms with Crippen LogP contribution < -0.4 is 10.3 Å². The molecule has 0 spiro atoms. The average molecular weight is 363 g/mol. The molecule has 6 nitrogen and oxygen atoms in total. The number of anilines is 1. The van der Waals surface area contributed by atoms with Crippen molar-refractivity contribution in [1.82, 2.24) is 5.43 Å². The zero-order valence-electron chi connectivity index (χ0n) is 14.4. The quantitative estimate of drug-likeness (QED) is 0.641. The number of carbonyl (C=O) groups excluding carboxylic acids is 1. The summed E-state index contributed by atoms with van der Waals surface area (Å²) in [6, 6.07) is 8.14. The van der Waals surface area contributed by atoms with Crippen LogP contribution in [0.2, 0.25) is 0 Å². The van der Waals surface area contributed by atoms with E-state index in [0.29, 0.717) is 6.42 Å². The molecule has 0 bridgehead atoms. The average Bonchev–Trinajstić information content (AvgIpc) is 2.95. The standard InChI is InChI=1S/C18H25N3O3S/c22-18(12-16-8-11-25(23,24)14-16)20-19-13-15-4-6-17(7-5-15)21-9-2-1-3-10-21/h4-7,13,16H,1-3,8-12,14H2,(H,20,22)/b19-13-/t16-/m1/s1. The molecule has 1 aromatic rings. The van der Waals surface area contributed by atoms with Crippen molar-refractivity contribution in [2.45, 2.75) is 32.1 Å². The third kappa shape index (κ3) is 5.29. The van der Waals surface area contributed by atoms with Crippen molar-refractivity contribution in [3.05, 3.63) is 29.8 Å². The van der Waals surface area contributed by atoms with Gasteiger partial charge in [-0.2, -0.15) is 5.10 Å². The molecule has 1 aromatic carbocycles. The lowest BCUT2D eigenvalue weighted by Crippen LogP contribution is -2.29. The number of hydrogen-bond acceptors (Lipinski definition) is 5. The van der Waals surface area contributed by atoms with Gasteiger partial charge >= 0.3 is 0 Å². The largest absolute Gasteiger partial charge is 0.372 e. The molecule has 0 aromatic heterocycles. The number of hydrazone groups is 1. The third-order valence-corrected chi connectivity index (χ3v) is 6.65. The number of benzene rings is 1. The van der Waals surface area contributed by atoms with Crippen LogP contribution >= 0.6 is 0 Å². The molecule has 2 aliphatic heterocycles. The molecule has 0 aliphatic carbocycles. The van der Waals surface area contributed by atoms with Crippen molar-refractivity contribution in [2.24, 2.45) is 11.0 Å². The summed E-state index contributed by atoms with van der Waals surface area (Å²) in [4.78, 5) is 14.2. The van der Waals surface area contributed by atoms with E-state index < -0.39 is 9.84 Å². The molecular weight excluding hydrogens is 338 g/mol. The van der Waals surface area contributed by atoms with Crippen molar-refractivity contribution in [2.75, 3.05) is 29.5 Å². The van der Waals surface area contributed by atoms with Crippen LogP contribution in [0.4, 0.5) is 5.69 Å². The molecule has 1 atom stereocenters. The van der Waals surface area contributed by atoms with Gasteiger partial charge in [-0.25, -0.2) is 13.8 Å². The molecule has 2 heterocycles. The first kappa shape index (κ1) is 17.9. The van der Waals surface area contributed by atoms with Gasteiger partial charge in [-0.3, -0.25) is 4.79 Å². The first-order valence-electron chi connectivity index (χ1n) is 8.89. The highest BCUT2D eigenvalue weighted by molar-refractivity contribution is 7.91. The Hall–Kier alpha value is -1.89. The normalized spacial score (nSPS) is 23.0. The van der Waals surface area contributed by atoms with Crippen LogP contribution in [0.5, 0.6) is 0 Å².